The van der Waals surface area contributed by atoms with Crippen LogP contribution in [-0.4, -0.2) is 34.5 Å². The van der Waals surface area contributed by atoms with E-state index in [-0.39, 0.29) is 24.5 Å². The van der Waals surface area contributed by atoms with Crippen molar-refractivity contribution < 1.29 is 36.2 Å². The number of allylic oxidation sites excluding steroid dienone is 1. The maximum atomic E-state index is 13.1. The molecule has 0 atom stereocenters. The predicted octanol–water partition coefficient (Wildman–Crippen LogP) is 4.04. The summed E-state index contributed by atoms with van der Waals surface area (Å²) in [7, 11) is 0. The van der Waals surface area contributed by atoms with Crippen molar-refractivity contribution in [2.45, 2.75) is 44.2 Å². The molecule has 1 heterocycles. The molecule has 11 heteroatoms. The lowest BCUT2D eigenvalue weighted by Crippen LogP contribution is -2.34. The molecule has 1 amide bonds. The lowest BCUT2D eigenvalue weighted by Gasteiger charge is -2.34. The third-order valence-corrected chi connectivity index (χ3v) is 4.72. The Balaban J connectivity index is 1.36. The van der Waals surface area contributed by atoms with E-state index >= 15 is 0 Å². The normalized spacial score (nSPS) is 18.4. The molecule has 1 aromatic carbocycles. The second-order valence-corrected chi connectivity index (χ2v) is 7.16. The Bertz CT molecular complexity index is 938. The van der Waals surface area contributed by atoms with Gasteiger partial charge in [-0.3, -0.25) is 9.53 Å². The summed E-state index contributed by atoms with van der Waals surface area (Å²) in [6.07, 6.45) is -1.24. The number of nitrogens with zero attached hydrogens (tertiary/aromatic N) is 2. The Morgan fingerprint density at radius 1 is 1.26 bits per heavy atom. The van der Waals surface area contributed by atoms with Crippen LogP contribution < -0.4 is 10.1 Å². The molecule has 1 aliphatic rings. The maximum Gasteiger partial charge on any atom is 0.522 e. The van der Waals surface area contributed by atoms with Crippen LogP contribution in [0.2, 0.25) is 0 Å². The Hall–Kier alpha value is -2.95. The molecular weight excluding hydrogens is 425 g/mol. The van der Waals surface area contributed by atoms with Gasteiger partial charge in [-0.2, -0.15) is 0 Å². The van der Waals surface area contributed by atoms with Crippen molar-refractivity contribution in [3.8, 4) is 5.75 Å². The zero-order chi connectivity index (χ0) is 22.6. The molecule has 6 nitrogen and oxygen atoms in total. The summed E-state index contributed by atoms with van der Waals surface area (Å²) in [5.41, 5.74) is 1.10. The highest BCUT2D eigenvalue weighted by Gasteiger charge is 2.41. The molecule has 1 aliphatic carbocycles. The number of aromatic nitrogens is 2. The Morgan fingerprint density at radius 3 is 2.68 bits per heavy atom. The van der Waals surface area contributed by atoms with Crippen molar-refractivity contribution in [1.29, 1.82) is 0 Å². The van der Waals surface area contributed by atoms with Crippen LogP contribution in [0.5, 0.6) is 5.75 Å². The minimum absolute atomic E-state index is 0.0180. The molecule has 2 aromatic rings. The van der Waals surface area contributed by atoms with E-state index in [4.69, 9.17) is 4.74 Å². The number of rotatable bonds is 9. The largest absolute Gasteiger partial charge is 0.522 e. The third-order valence-electron chi connectivity index (χ3n) is 4.72. The van der Waals surface area contributed by atoms with Crippen LogP contribution in [0.15, 0.2) is 43.0 Å². The lowest BCUT2D eigenvalue weighted by molar-refractivity contribution is -0.351. The number of aryl methyl sites for hydroxylation is 1. The minimum atomic E-state index is -4.62. The van der Waals surface area contributed by atoms with Gasteiger partial charge >= 0.3 is 6.36 Å². The molecule has 0 unspecified atom stereocenters. The number of benzene rings is 1. The fourth-order valence-corrected chi connectivity index (χ4v) is 3.08. The van der Waals surface area contributed by atoms with Gasteiger partial charge in [-0.05, 0) is 25.0 Å². The first-order valence-corrected chi connectivity index (χ1v) is 9.41. The van der Waals surface area contributed by atoms with Crippen molar-refractivity contribution in [3.63, 3.8) is 0 Å². The molecule has 0 aliphatic heterocycles. The smallest absolute Gasteiger partial charge is 0.484 e. The second kappa shape index (κ2) is 9.46. The van der Waals surface area contributed by atoms with Crippen molar-refractivity contribution in [2.24, 2.45) is 0 Å². The standard InChI is InChI=1S/C20H20F5N3O3/c1-12(27-19(29)10-30-14-2-3-16(21)17(22)8-14)4-5-28-9-18(26-11-28)13-6-15(7-13)31-20(23,24)25/h2-3,8-9,11,13,15H,1,4-7,10H2,(H,27,29)/t13-,15+. The quantitative estimate of drug-likeness (QED) is 0.592. The van der Waals surface area contributed by atoms with Crippen LogP contribution in [0, 0.1) is 11.6 Å². The average molecular weight is 445 g/mol. The number of hydrogen-bond donors (Lipinski definition) is 1. The molecule has 1 fully saturated rings. The molecule has 0 spiro atoms. The maximum absolute atomic E-state index is 13.1. The zero-order valence-corrected chi connectivity index (χ0v) is 16.3. The van der Waals surface area contributed by atoms with E-state index in [1.807, 2.05) is 0 Å². The first-order valence-electron chi connectivity index (χ1n) is 9.41. The fourth-order valence-electron chi connectivity index (χ4n) is 3.08. The number of hydrogen-bond acceptors (Lipinski definition) is 4. The molecule has 0 saturated heterocycles. The van der Waals surface area contributed by atoms with E-state index in [1.54, 1.807) is 17.1 Å². The fraction of sp³-hybridized carbons (Fsp3) is 0.400. The number of alkyl halides is 3. The summed E-state index contributed by atoms with van der Waals surface area (Å²) in [4.78, 5) is 16.1. The SMILES string of the molecule is C=C(CCn1cnc([C@H]2C[C@@H](OC(F)(F)F)C2)c1)NC(=O)COc1ccc(F)c(F)c1. The van der Waals surface area contributed by atoms with Gasteiger partial charge in [0.25, 0.3) is 5.91 Å². The highest BCUT2D eigenvalue weighted by Crippen LogP contribution is 2.40. The van der Waals surface area contributed by atoms with E-state index in [0.717, 1.165) is 12.1 Å². The van der Waals surface area contributed by atoms with E-state index < -0.39 is 36.6 Å². The van der Waals surface area contributed by atoms with E-state index in [2.05, 4.69) is 21.6 Å². The molecule has 31 heavy (non-hydrogen) atoms. The molecule has 1 N–H and O–H groups in total. The van der Waals surface area contributed by atoms with E-state index in [0.29, 0.717) is 24.4 Å². The second-order valence-electron chi connectivity index (χ2n) is 7.16. The summed E-state index contributed by atoms with van der Waals surface area (Å²) in [5, 5.41) is 2.54. The monoisotopic (exact) mass is 445 g/mol. The van der Waals surface area contributed by atoms with Crippen LogP contribution in [0.1, 0.15) is 30.9 Å². The van der Waals surface area contributed by atoms with Gasteiger partial charge < -0.3 is 14.6 Å². The first-order chi connectivity index (χ1) is 14.6. The van der Waals surface area contributed by atoms with Crippen molar-refractivity contribution >= 4 is 5.91 Å². The highest BCUT2D eigenvalue weighted by molar-refractivity contribution is 5.79. The molecule has 1 saturated carbocycles. The number of amides is 1. The number of carbonyl (C=O) groups excluding carboxylic acids is 1. The number of ether oxygens (including phenoxy) is 2. The van der Waals surface area contributed by atoms with Gasteiger partial charge in [0.15, 0.2) is 18.2 Å². The molecule has 1 aromatic heterocycles. The molecule has 168 valence electrons. The molecule has 0 radical (unpaired) electrons. The zero-order valence-electron chi connectivity index (χ0n) is 16.3. The Labute approximate surface area is 174 Å². The summed E-state index contributed by atoms with van der Waals surface area (Å²) in [6, 6.07) is 2.94. The van der Waals surface area contributed by atoms with Gasteiger partial charge in [-0.25, -0.2) is 13.8 Å². The predicted molar refractivity (Wildman–Crippen MR) is 98.9 cm³/mol. The van der Waals surface area contributed by atoms with Crippen molar-refractivity contribution in [3.05, 3.63) is 60.3 Å². The number of carbonyl (C=O) groups is 1. The van der Waals surface area contributed by atoms with Crippen molar-refractivity contribution in [1.82, 2.24) is 14.9 Å². The summed E-state index contributed by atoms with van der Waals surface area (Å²) in [6.45, 7) is 3.80. The van der Waals surface area contributed by atoms with Gasteiger partial charge in [0.2, 0.25) is 0 Å². The van der Waals surface area contributed by atoms with Gasteiger partial charge in [0.05, 0.1) is 18.1 Å². The summed E-state index contributed by atoms with van der Waals surface area (Å²) >= 11 is 0. The summed E-state index contributed by atoms with van der Waals surface area (Å²) in [5.74, 6) is -2.66. The lowest BCUT2D eigenvalue weighted by atomic mass is 9.80. The van der Waals surface area contributed by atoms with Gasteiger partial charge in [-0.15, -0.1) is 13.2 Å². The molecule has 3 rings (SSSR count). The van der Waals surface area contributed by atoms with Crippen LogP contribution in [0.4, 0.5) is 22.0 Å². The third kappa shape index (κ3) is 6.78. The molecule has 0 bridgehead atoms. The van der Waals surface area contributed by atoms with Crippen molar-refractivity contribution in [2.75, 3.05) is 6.61 Å². The van der Waals surface area contributed by atoms with Crippen LogP contribution in [-0.2, 0) is 16.1 Å². The van der Waals surface area contributed by atoms with Gasteiger partial charge in [-0.1, -0.05) is 6.58 Å². The number of nitrogens with one attached hydrogen (secondary N) is 1. The van der Waals surface area contributed by atoms with E-state index in [1.165, 1.54) is 6.07 Å². The first kappa shape index (κ1) is 22.7. The minimum Gasteiger partial charge on any atom is -0.484 e. The number of halogens is 5. The van der Waals surface area contributed by atoms with Gasteiger partial charge in [0, 0.05) is 36.8 Å². The highest BCUT2D eigenvalue weighted by atomic mass is 19.4. The molecular formula is C20H20F5N3O3. The summed E-state index contributed by atoms with van der Waals surface area (Å²) < 4.78 is 73.3. The van der Waals surface area contributed by atoms with Crippen LogP contribution >= 0.6 is 0 Å². The Morgan fingerprint density at radius 2 is 2.00 bits per heavy atom. The Kier molecular flexibility index (Phi) is 6.94. The number of imidazole rings is 1. The van der Waals surface area contributed by atoms with Crippen LogP contribution in [0.25, 0.3) is 0 Å². The van der Waals surface area contributed by atoms with Gasteiger partial charge in [0.1, 0.15) is 5.75 Å². The average Bonchev–Trinajstić information content (AvgIpc) is 3.11. The van der Waals surface area contributed by atoms with E-state index in [9.17, 15) is 26.7 Å². The van der Waals surface area contributed by atoms with Crippen LogP contribution in [0.3, 0.4) is 0 Å². The topological polar surface area (TPSA) is 65.4 Å².